The Bertz CT molecular complexity index is 445. The van der Waals surface area contributed by atoms with Crippen molar-refractivity contribution in [2.45, 2.75) is 18.9 Å². The fourth-order valence-electron chi connectivity index (χ4n) is 1.98. The van der Waals surface area contributed by atoms with E-state index >= 15 is 0 Å². The van der Waals surface area contributed by atoms with Crippen LogP contribution in [0.25, 0.3) is 0 Å². The second-order valence-electron chi connectivity index (χ2n) is 3.84. The predicted molar refractivity (Wildman–Crippen MR) is 64.7 cm³/mol. The minimum Gasteiger partial charge on any atom is -0.375 e. The summed E-state index contributed by atoms with van der Waals surface area (Å²) in [7, 11) is 1.57. The number of carbonyl (C=O) groups is 2. The summed E-state index contributed by atoms with van der Waals surface area (Å²) in [4.78, 5) is 29.3. The molecule has 1 aliphatic heterocycles. The van der Waals surface area contributed by atoms with Crippen molar-refractivity contribution >= 4 is 28.3 Å². The largest absolute Gasteiger partial charge is 0.375 e. The molecule has 1 aliphatic rings. The maximum absolute atomic E-state index is 12.1. The molecule has 2 rings (SSSR count). The number of hydrogen-bond donors (Lipinski definition) is 2. The molecule has 17 heavy (non-hydrogen) atoms. The van der Waals surface area contributed by atoms with Gasteiger partial charge in [0, 0.05) is 19.0 Å². The van der Waals surface area contributed by atoms with E-state index in [-0.39, 0.29) is 17.9 Å². The Morgan fingerprint density at radius 1 is 1.65 bits per heavy atom. The highest BCUT2D eigenvalue weighted by molar-refractivity contribution is 7.13. The number of nitrogens with zero attached hydrogens (tertiary/aromatic N) is 2. The molecule has 1 atom stereocenters. The van der Waals surface area contributed by atoms with Crippen molar-refractivity contribution in [2.75, 3.05) is 19.3 Å². The van der Waals surface area contributed by atoms with Crippen LogP contribution in [0.2, 0.25) is 0 Å². The Labute approximate surface area is 103 Å². The first-order chi connectivity index (χ1) is 8.13. The fourth-order valence-corrected chi connectivity index (χ4v) is 2.52. The van der Waals surface area contributed by atoms with Crippen LogP contribution in [0.1, 0.15) is 23.3 Å². The average Bonchev–Trinajstić information content (AvgIpc) is 2.95. The van der Waals surface area contributed by atoms with Gasteiger partial charge in [-0.2, -0.15) is 0 Å². The number of carbonyl (C=O) groups excluding carboxylic acids is 2. The van der Waals surface area contributed by atoms with Crippen molar-refractivity contribution in [1.82, 2.24) is 15.2 Å². The van der Waals surface area contributed by atoms with E-state index < -0.39 is 0 Å². The molecule has 2 heterocycles. The average molecular weight is 254 g/mol. The summed E-state index contributed by atoms with van der Waals surface area (Å²) in [5, 5.41) is 4.56. The van der Waals surface area contributed by atoms with E-state index in [0.717, 1.165) is 6.42 Å². The maximum atomic E-state index is 12.1. The molecule has 92 valence electrons. The van der Waals surface area contributed by atoms with E-state index in [0.29, 0.717) is 23.8 Å². The van der Waals surface area contributed by atoms with Crippen molar-refractivity contribution in [3.8, 4) is 0 Å². The van der Waals surface area contributed by atoms with Gasteiger partial charge in [0.25, 0.3) is 5.91 Å². The minimum atomic E-state index is -0.379. The van der Waals surface area contributed by atoms with Gasteiger partial charge in [0.1, 0.15) is 11.7 Å². The Morgan fingerprint density at radius 3 is 3.00 bits per heavy atom. The summed E-state index contributed by atoms with van der Waals surface area (Å²) in [5.74, 6) is -0.344. The molecule has 0 aromatic carbocycles. The van der Waals surface area contributed by atoms with E-state index in [1.807, 2.05) is 0 Å². The normalized spacial score (nSPS) is 19.4. The number of likely N-dealkylation sites (tertiary alicyclic amines) is 1. The maximum Gasteiger partial charge on any atom is 0.274 e. The van der Waals surface area contributed by atoms with Crippen molar-refractivity contribution in [3.05, 3.63) is 11.1 Å². The van der Waals surface area contributed by atoms with E-state index in [2.05, 4.69) is 10.3 Å². The van der Waals surface area contributed by atoms with Gasteiger partial charge in [-0.05, 0) is 12.8 Å². The number of amides is 2. The lowest BCUT2D eigenvalue weighted by molar-refractivity contribution is -0.124. The number of nitrogens with one attached hydrogen (secondary N) is 1. The molecule has 7 heteroatoms. The number of nitrogens with two attached hydrogens (primary N) is 1. The summed E-state index contributed by atoms with van der Waals surface area (Å²) in [6.07, 6.45) is 1.54. The molecule has 3 N–H and O–H groups in total. The zero-order chi connectivity index (χ0) is 12.4. The summed E-state index contributed by atoms with van der Waals surface area (Å²) in [6, 6.07) is -0.379. The molecule has 0 bridgehead atoms. The van der Waals surface area contributed by atoms with Crippen LogP contribution >= 0.6 is 11.3 Å². The number of nitrogen functional groups attached to an aromatic ring is 1. The molecule has 0 spiro atoms. The van der Waals surface area contributed by atoms with Crippen LogP contribution < -0.4 is 11.1 Å². The van der Waals surface area contributed by atoms with Gasteiger partial charge in [-0.15, -0.1) is 11.3 Å². The quantitative estimate of drug-likeness (QED) is 0.782. The van der Waals surface area contributed by atoms with Crippen LogP contribution in [0.4, 0.5) is 5.13 Å². The molecule has 1 unspecified atom stereocenters. The smallest absolute Gasteiger partial charge is 0.274 e. The molecule has 0 aliphatic carbocycles. The first-order valence-electron chi connectivity index (χ1n) is 5.37. The zero-order valence-electron chi connectivity index (χ0n) is 9.47. The van der Waals surface area contributed by atoms with Crippen molar-refractivity contribution < 1.29 is 9.59 Å². The molecule has 1 fully saturated rings. The number of hydrogen-bond acceptors (Lipinski definition) is 5. The summed E-state index contributed by atoms with van der Waals surface area (Å²) < 4.78 is 0. The van der Waals surface area contributed by atoms with Crippen molar-refractivity contribution in [2.24, 2.45) is 0 Å². The number of thiazole rings is 1. The van der Waals surface area contributed by atoms with Gasteiger partial charge in [0.15, 0.2) is 5.13 Å². The number of anilines is 1. The Hall–Kier alpha value is -1.63. The molecule has 0 radical (unpaired) electrons. The van der Waals surface area contributed by atoms with E-state index in [1.165, 1.54) is 11.3 Å². The highest BCUT2D eigenvalue weighted by atomic mass is 32.1. The van der Waals surface area contributed by atoms with Crippen molar-refractivity contribution in [3.63, 3.8) is 0 Å². The molecule has 1 saturated heterocycles. The Balaban J connectivity index is 2.16. The van der Waals surface area contributed by atoms with Crippen LogP contribution in [0.5, 0.6) is 0 Å². The predicted octanol–water partition coefficient (Wildman–Crippen LogP) is 0.0759. The highest BCUT2D eigenvalue weighted by Crippen LogP contribution is 2.21. The van der Waals surface area contributed by atoms with Crippen LogP contribution in [0.15, 0.2) is 5.38 Å². The van der Waals surface area contributed by atoms with Gasteiger partial charge in [0.05, 0.1) is 0 Å². The van der Waals surface area contributed by atoms with E-state index in [9.17, 15) is 9.59 Å². The lowest BCUT2D eigenvalue weighted by Gasteiger charge is -2.22. The molecular formula is C10H14N4O2S. The topological polar surface area (TPSA) is 88.3 Å². The molecule has 1 aromatic heterocycles. The highest BCUT2D eigenvalue weighted by Gasteiger charge is 2.34. The third-order valence-corrected chi connectivity index (χ3v) is 3.48. The number of aromatic nitrogens is 1. The standard InChI is InChI=1S/C10H14N4O2S/c1-12-8(15)7-3-2-4-14(7)9(16)6-5-17-10(11)13-6/h5,7H,2-4H2,1H3,(H2,11,13)(H,12,15). The molecular weight excluding hydrogens is 240 g/mol. The van der Waals surface area contributed by atoms with Gasteiger partial charge < -0.3 is 16.0 Å². The van der Waals surface area contributed by atoms with Gasteiger partial charge >= 0.3 is 0 Å². The lowest BCUT2D eigenvalue weighted by Crippen LogP contribution is -2.45. The van der Waals surface area contributed by atoms with Crippen LogP contribution in [0, 0.1) is 0 Å². The van der Waals surface area contributed by atoms with Crippen LogP contribution in [0.3, 0.4) is 0 Å². The summed E-state index contributed by atoms with van der Waals surface area (Å²) in [6.45, 7) is 0.592. The first-order valence-corrected chi connectivity index (χ1v) is 6.25. The second-order valence-corrected chi connectivity index (χ2v) is 4.73. The van der Waals surface area contributed by atoms with Crippen molar-refractivity contribution in [1.29, 1.82) is 0 Å². The van der Waals surface area contributed by atoms with Gasteiger partial charge in [0.2, 0.25) is 5.91 Å². The summed E-state index contributed by atoms with van der Waals surface area (Å²) in [5.41, 5.74) is 5.82. The minimum absolute atomic E-state index is 0.126. The third-order valence-electron chi connectivity index (χ3n) is 2.80. The monoisotopic (exact) mass is 254 g/mol. The number of rotatable bonds is 2. The van der Waals surface area contributed by atoms with Gasteiger partial charge in [-0.3, -0.25) is 9.59 Å². The Morgan fingerprint density at radius 2 is 2.41 bits per heavy atom. The molecule has 2 amide bonds. The second kappa shape index (κ2) is 4.70. The van der Waals surface area contributed by atoms with Gasteiger partial charge in [-0.1, -0.05) is 0 Å². The van der Waals surface area contributed by atoms with Crippen LogP contribution in [-0.2, 0) is 4.79 Å². The first kappa shape index (κ1) is 11.8. The zero-order valence-corrected chi connectivity index (χ0v) is 10.3. The third kappa shape index (κ3) is 2.23. The van der Waals surface area contributed by atoms with E-state index in [1.54, 1.807) is 17.3 Å². The number of likely N-dealkylation sites (N-methyl/N-ethyl adjacent to an activating group) is 1. The van der Waals surface area contributed by atoms with Gasteiger partial charge in [-0.25, -0.2) is 4.98 Å². The Kier molecular flexibility index (Phi) is 3.28. The fraction of sp³-hybridized carbons (Fsp3) is 0.500. The molecule has 6 nitrogen and oxygen atoms in total. The summed E-state index contributed by atoms with van der Waals surface area (Å²) >= 11 is 1.23. The van der Waals surface area contributed by atoms with E-state index in [4.69, 9.17) is 5.73 Å². The van der Waals surface area contributed by atoms with Crippen LogP contribution in [-0.4, -0.2) is 41.3 Å². The lowest BCUT2D eigenvalue weighted by atomic mass is 10.2. The molecule has 0 saturated carbocycles. The SMILES string of the molecule is CNC(=O)C1CCCN1C(=O)c1csc(N)n1. The molecule has 1 aromatic rings.